The number of nitrogens with one attached hydrogen (secondary N) is 1. The van der Waals surface area contributed by atoms with E-state index >= 15 is 0 Å². The first-order chi connectivity index (χ1) is 17.7. The highest BCUT2D eigenvalue weighted by molar-refractivity contribution is 8.00. The van der Waals surface area contributed by atoms with Crippen molar-refractivity contribution in [3.8, 4) is 0 Å². The number of hydrogen-bond acceptors (Lipinski definition) is 15. The lowest BCUT2D eigenvalue weighted by Gasteiger charge is -2.53. The number of methoxy groups -OCH3 is 1. The number of carboxylic acids is 1. The molecule has 0 saturated carbocycles. The van der Waals surface area contributed by atoms with Gasteiger partial charge in [-0.3, -0.25) is 19.2 Å². The summed E-state index contributed by atoms with van der Waals surface area (Å²) >= 11 is 3.42. The number of fused-ring (bicyclic) bond motifs is 1. The van der Waals surface area contributed by atoms with Crippen molar-refractivity contribution in [3.05, 3.63) is 11.1 Å². The third kappa shape index (κ3) is 5.32. The van der Waals surface area contributed by atoms with Gasteiger partial charge in [0.2, 0.25) is 11.1 Å². The number of carboxylic acid groups (broad SMARTS) is 1. The lowest BCUT2D eigenvalue weighted by molar-refractivity contribution is -0.157. The monoisotopic (exact) mass is 571 g/mol. The Labute approximate surface area is 221 Å². The van der Waals surface area contributed by atoms with E-state index in [2.05, 4.69) is 35.7 Å². The molecular formula is C18H21N9O7S3. The number of thiazole rings is 1. The third-order valence-electron chi connectivity index (χ3n) is 5.53. The van der Waals surface area contributed by atoms with E-state index in [9.17, 15) is 24.3 Å². The summed E-state index contributed by atoms with van der Waals surface area (Å²) in [6.07, 6.45) is 0. The molecule has 2 aromatic heterocycles. The Hall–Kier alpha value is -3.45. The zero-order valence-electron chi connectivity index (χ0n) is 19.4. The van der Waals surface area contributed by atoms with Gasteiger partial charge in [0.25, 0.3) is 5.91 Å². The number of carbonyl (C=O) groups excluding carboxylic acids is 3. The van der Waals surface area contributed by atoms with Gasteiger partial charge >= 0.3 is 11.9 Å². The molecule has 0 spiro atoms. The number of thioether (sulfide) groups is 2. The van der Waals surface area contributed by atoms with Crippen LogP contribution >= 0.6 is 34.9 Å². The SMILES string of the molecule is CON=C(C(=O)NC1C(=O)N2CC(CSc3nnnn3CC(=O)OC)(C(=O)O)CS[C@H]12)c1csc(N)n1. The molecule has 2 saturated heterocycles. The Morgan fingerprint density at radius 3 is 2.84 bits per heavy atom. The van der Waals surface area contributed by atoms with Gasteiger partial charge in [-0.05, 0) is 10.4 Å². The van der Waals surface area contributed by atoms with Crippen molar-refractivity contribution in [2.45, 2.75) is 23.1 Å². The number of hydrogen-bond donors (Lipinski definition) is 3. The minimum Gasteiger partial charge on any atom is -0.481 e. The second-order valence-corrected chi connectivity index (χ2v) is 10.8. The number of nitrogen functional groups attached to an aromatic ring is 1. The molecule has 2 fully saturated rings. The van der Waals surface area contributed by atoms with Gasteiger partial charge in [-0.25, -0.2) is 9.67 Å². The summed E-state index contributed by atoms with van der Waals surface area (Å²) in [6, 6.07) is -0.873. The first-order valence-electron chi connectivity index (χ1n) is 10.4. The summed E-state index contributed by atoms with van der Waals surface area (Å²) in [7, 11) is 2.50. The molecule has 198 valence electrons. The molecule has 2 amide bonds. The molecular weight excluding hydrogens is 550 g/mol. The number of tetrazole rings is 1. The normalized spacial score (nSPS) is 23.1. The number of nitrogens with two attached hydrogens (primary N) is 1. The molecule has 2 aliphatic rings. The molecule has 37 heavy (non-hydrogen) atoms. The number of β-lactam (4-membered cyclic amide) rings is 1. The maximum absolute atomic E-state index is 12.9. The number of amides is 2. The van der Waals surface area contributed by atoms with Crippen LogP contribution in [0, 0.1) is 5.41 Å². The van der Waals surface area contributed by atoms with Gasteiger partial charge in [0.1, 0.15) is 36.2 Å². The number of anilines is 1. The first-order valence-corrected chi connectivity index (χ1v) is 13.3. The number of esters is 1. The summed E-state index contributed by atoms with van der Waals surface area (Å²) in [5.74, 6) is -2.54. The molecule has 2 aromatic rings. The van der Waals surface area contributed by atoms with Crippen LogP contribution in [0.2, 0.25) is 0 Å². The average molecular weight is 572 g/mol. The number of nitrogens with zero attached hydrogens (tertiary/aromatic N) is 7. The van der Waals surface area contributed by atoms with E-state index in [0.29, 0.717) is 0 Å². The van der Waals surface area contributed by atoms with Gasteiger partial charge in [-0.1, -0.05) is 16.9 Å². The Bertz CT molecular complexity index is 1250. The van der Waals surface area contributed by atoms with E-state index in [-0.39, 0.29) is 46.3 Å². The summed E-state index contributed by atoms with van der Waals surface area (Å²) in [5.41, 5.74) is 4.40. The summed E-state index contributed by atoms with van der Waals surface area (Å²) < 4.78 is 5.82. The molecule has 19 heteroatoms. The Balaban J connectivity index is 1.41. The molecule has 0 bridgehead atoms. The van der Waals surface area contributed by atoms with Gasteiger partial charge < -0.3 is 30.6 Å². The van der Waals surface area contributed by atoms with Crippen molar-refractivity contribution in [1.29, 1.82) is 0 Å². The maximum Gasteiger partial charge on any atom is 0.327 e. The number of carbonyl (C=O) groups is 4. The quantitative estimate of drug-likeness (QED) is 0.0972. The fraction of sp³-hybridized carbons (Fsp3) is 0.500. The smallest absolute Gasteiger partial charge is 0.327 e. The van der Waals surface area contributed by atoms with E-state index in [1.54, 1.807) is 0 Å². The van der Waals surface area contributed by atoms with Crippen LogP contribution in [0.4, 0.5) is 5.13 Å². The highest BCUT2D eigenvalue weighted by Crippen LogP contribution is 2.44. The van der Waals surface area contributed by atoms with Crippen LogP contribution < -0.4 is 11.1 Å². The van der Waals surface area contributed by atoms with Gasteiger partial charge in [-0.2, -0.15) is 0 Å². The van der Waals surface area contributed by atoms with Gasteiger partial charge in [0.05, 0.1) is 7.11 Å². The van der Waals surface area contributed by atoms with Crippen molar-refractivity contribution >= 4 is 69.5 Å². The Morgan fingerprint density at radius 1 is 1.41 bits per heavy atom. The number of ether oxygens (including phenoxy) is 1. The Kier molecular flexibility index (Phi) is 7.83. The topological polar surface area (TPSA) is 217 Å². The van der Waals surface area contributed by atoms with E-state index in [4.69, 9.17) is 10.6 Å². The van der Waals surface area contributed by atoms with Gasteiger partial charge in [0, 0.05) is 23.4 Å². The third-order valence-corrected chi connectivity index (χ3v) is 9.04. The fourth-order valence-electron chi connectivity index (χ4n) is 3.60. The fourth-order valence-corrected chi connectivity index (χ4v) is 6.88. The predicted octanol–water partition coefficient (Wildman–Crippen LogP) is -1.50. The largest absolute Gasteiger partial charge is 0.481 e. The number of oxime groups is 1. The van der Waals surface area contributed by atoms with Crippen molar-refractivity contribution in [2.75, 3.05) is 38.0 Å². The second-order valence-electron chi connectivity index (χ2n) is 7.88. The zero-order chi connectivity index (χ0) is 26.7. The summed E-state index contributed by atoms with van der Waals surface area (Å²) in [6.45, 7) is -0.297. The molecule has 0 aromatic carbocycles. The molecule has 0 radical (unpaired) electrons. The highest BCUT2D eigenvalue weighted by Gasteiger charge is 2.57. The molecule has 4 heterocycles. The van der Waals surface area contributed by atoms with Gasteiger partial charge in [0.15, 0.2) is 10.8 Å². The van der Waals surface area contributed by atoms with Crippen LogP contribution in [0.1, 0.15) is 5.69 Å². The second kappa shape index (κ2) is 10.9. The molecule has 4 N–H and O–H groups in total. The van der Waals surface area contributed by atoms with E-state index in [0.717, 1.165) is 23.1 Å². The minimum atomic E-state index is -1.31. The van der Waals surface area contributed by atoms with Crippen LogP contribution in [0.15, 0.2) is 15.7 Å². The Morgan fingerprint density at radius 2 is 2.19 bits per heavy atom. The number of aromatic nitrogens is 5. The van der Waals surface area contributed by atoms with Gasteiger partial charge in [-0.15, -0.1) is 28.2 Å². The molecule has 16 nitrogen and oxygen atoms in total. The molecule has 2 aliphatic heterocycles. The molecule has 3 atom stereocenters. The number of rotatable bonds is 10. The zero-order valence-corrected chi connectivity index (χ0v) is 21.8. The standard InChI is InChI=1S/C18H21N9O7S3/c1-33-9(28)3-27-17(22-24-25-27)37-7-18(15(31)32)5-26-13(30)11(14(26)36-6-18)21-12(29)10(23-34-2)8-4-35-16(19)20-8/h4,11,14H,3,5-7H2,1-2H3,(H2,19,20)(H,21,29)(H,31,32)/t11?,14-,18?/m1/s1. The lowest BCUT2D eigenvalue weighted by Crippen LogP contribution is -2.74. The first kappa shape index (κ1) is 26.6. The predicted molar refractivity (Wildman–Crippen MR) is 131 cm³/mol. The number of aliphatic carboxylic acids is 1. The van der Waals surface area contributed by atoms with Crippen molar-refractivity contribution in [3.63, 3.8) is 0 Å². The maximum atomic E-state index is 12.9. The van der Waals surface area contributed by atoms with E-state index < -0.39 is 40.6 Å². The van der Waals surface area contributed by atoms with Crippen molar-refractivity contribution in [1.82, 2.24) is 35.4 Å². The van der Waals surface area contributed by atoms with Crippen molar-refractivity contribution < 1.29 is 33.9 Å². The average Bonchev–Trinajstić information content (AvgIpc) is 3.52. The molecule has 0 aliphatic carbocycles. The van der Waals surface area contributed by atoms with Crippen LogP contribution in [-0.2, 0) is 35.3 Å². The van der Waals surface area contributed by atoms with E-state index in [1.807, 2.05) is 0 Å². The summed E-state index contributed by atoms with van der Waals surface area (Å²) in [5, 5.41) is 29.0. The van der Waals surface area contributed by atoms with Crippen LogP contribution in [0.3, 0.4) is 0 Å². The molecule has 4 rings (SSSR count). The lowest BCUT2D eigenvalue weighted by atomic mass is 9.89. The molecule has 2 unspecified atom stereocenters. The highest BCUT2D eigenvalue weighted by atomic mass is 32.2. The summed E-state index contributed by atoms with van der Waals surface area (Å²) in [4.78, 5) is 59.8. The van der Waals surface area contributed by atoms with Crippen LogP contribution in [0.25, 0.3) is 0 Å². The minimum absolute atomic E-state index is 0.0420. The van der Waals surface area contributed by atoms with Crippen LogP contribution in [0.5, 0.6) is 0 Å². The van der Waals surface area contributed by atoms with E-state index in [1.165, 1.54) is 40.9 Å². The van der Waals surface area contributed by atoms with Crippen LogP contribution in [-0.4, -0.2) is 108 Å². The van der Waals surface area contributed by atoms with Crippen molar-refractivity contribution in [2.24, 2.45) is 10.6 Å².